The predicted molar refractivity (Wildman–Crippen MR) is 143 cm³/mol. The van der Waals surface area contributed by atoms with Gasteiger partial charge in [-0.25, -0.2) is 9.59 Å². The van der Waals surface area contributed by atoms with E-state index in [9.17, 15) is 9.59 Å². The van der Waals surface area contributed by atoms with E-state index in [4.69, 9.17) is 13.9 Å². The molecule has 1 N–H and O–H groups in total. The lowest BCUT2D eigenvalue weighted by atomic mass is 10.0. The molecule has 1 amide bonds. The summed E-state index contributed by atoms with van der Waals surface area (Å²) in [5.41, 5.74) is -0.664. The Balaban J connectivity index is 2.30. The number of carbonyl (C=O) groups is 2. The maximum atomic E-state index is 12.4. The average Bonchev–Trinajstić information content (AvgIpc) is 2.77. The number of ether oxygens (including phenoxy) is 2. The van der Waals surface area contributed by atoms with E-state index in [1.165, 1.54) is 17.5 Å². The van der Waals surface area contributed by atoms with E-state index >= 15 is 0 Å². The van der Waals surface area contributed by atoms with Gasteiger partial charge in [0.2, 0.25) is 0 Å². The molecule has 2 rings (SSSR count). The number of alkyl carbamates (subject to hydrolysis) is 1. The van der Waals surface area contributed by atoms with Crippen LogP contribution in [0.15, 0.2) is 60.7 Å². The van der Waals surface area contributed by atoms with Crippen molar-refractivity contribution in [1.29, 1.82) is 0 Å². The van der Waals surface area contributed by atoms with E-state index in [-0.39, 0.29) is 11.0 Å². The fraction of sp³-hybridized carbons (Fsp3) is 0.500. The molecule has 0 fully saturated rings. The van der Waals surface area contributed by atoms with Gasteiger partial charge in [0.05, 0.1) is 7.11 Å². The molecule has 0 spiro atoms. The van der Waals surface area contributed by atoms with E-state index in [0.29, 0.717) is 13.0 Å². The van der Waals surface area contributed by atoms with Crippen LogP contribution in [0.3, 0.4) is 0 Å². The number of esters is 1. The van der Waals surface area contributed by atoms with Crippen LogP contribution in [0.2, 0.25) is 5.04 Å². The Labute approximate surface area is 211 Å². The molecule has 35 heavy (non-hydrogen) atoms. The summed E-state index contributed by atoms with van der Waals surface area (Å²) in [7, 11) is -1.38. The number of hydrogen-bond donors (Lipinski definition) is 1. The van der Waals surface area contributed by atoms with E-state index in [0.717, 1.165) is 0 Å². The quantitative estimate of drug-likeness (QED) is 0.401. The third-order valence-electron chi connectivity index (χ3n) is 5.82. The first kappa shape index (κ1) is 28.6. The van der Waals surface area contributed by atoms with Gasteiger partial charge < -0.3 is 19.2 Å². The molecule has 0 aromatic heterocycles. The number of amides is 1. The lowest BCUT2D eigenvalue weighted by molar-refractivity contribution is -0.143. The van der Waals surface area contributed by atoms with E-state index < -0.39 is 32.0 Å². The number of benzene rings is 2. The van der Waals surface area contributed by atoms with Gasteiger partial charge in [0.25, 0.3) is 8.32 Å². The van der Waals surface area contributed by atoms with Gasteiger partial charge in [-0.3, -0.25) is 0 Å². The molecule has 0 aliphatic rings. The van der Waals surface area contributed by atoms with Crippen LogP contribution < -0.4 is 15.7 Å². The lowest BCUT2D eigenvalue weighted by Gasteiger charge is -2.43. The molecule has 2 aromatic carbocycles. The fourth-order valence-electron chi connectivity index (χ4n) is 4.31. The van der Waals surface area contributed by atoms with Crippen LogP contribution in [0.25, 0.3) is 0 Å². The van der Waals surface area contributed by atoms with E-state index in [2.05, 4.69) is 74.6 Å². The molecule has 0 saturated heterocycles. The van der Waals surface area contributed by atoms with Crippen molar-refractivity contribution < 1.29 is 23.5 Å². The molecular weight excluding hydrogens is 458 g/mol. The average molecular weight is 500 g/mol. The van der Waals surface area contributed by atoms with Gasteiger partial charge >= 0.3 is 12.1 Å². The number of nitrogens with one attached hydrogen (secondary N) is 1. The van der Waals surface area contributed by atoms with Gasteiger partial charge in [0, 0.05) is 6.61 Å². The van der Waals surface area contributed by atoms with Crippen molar-refractivity contribution in [3.05, 3.63) is 60.7 Å². The van der Waals surface area contributed by atoms with Gasteiger partial charge in [-0.05, 0) is 48.5 Å². The van der Waals surface area contributed by atoms with Crippen LogP contribution >= 0.6 is 0 Å². The minimum absolute atomic E-state index is 0.0318. The second-order valence-electron chi connectivity index (χ2n) is 11.0. The molecule has 0 aliphatic heterocycles. The topological polar surface area (TPSA) is 73.9 Å². The molecule has 0 radical (unpaired) electrons. The van der Waals surface area contributed by atoms with E-state index in [1.54, 1.807) is 20.8 Å². The smallest absolute Gasteiger partial charge is 0.408 e. The van der Waals surface area contributed by atoms with Crippen molar-refractivity contribution in [3.8, 4) is 0 Å². The van der Waals surface area contributed by atoms with Gasteiger partial charge in [-0.15, -0.1) is 0 Å². The predicted octanol–water partition coefficient (Wildman–Crippen LogP) is 4.66. The number of carbonyl (C=O) groups excluding carboxylic acids is 2. The minimum Gasteiger partial charge on any atom is -0.467 e. The molecule has 6 nitrogen and oxygen atoms in total. The molecule has 7 heteroatoms. The molecule has 2 atom stereocenters. The summed E-state index contributed by atoms with van der Waals surface area (Å²) in [6.45, 7) is 14.5. The summed E-state index contributed by atoms with van der Waals surface area (Å²) in [5, 5.41) is 4.91. The Morgan fingerprint density at radius 2 is 1.37 bits per heavy atom. The van der Waals surface area contributed by atoms with Crippen molar-refractivity contribution in [1.82, 2.24) is 5.32 Å². The zero-order chi connectivity index (χ0) is 26.3. The van der Waals surface area contributed by atoms with E-state index in [1.807, 2.05) is 19.1 Å². The molecule has 0 heterocycles. The number of rotatable bonds is 9. The van der Waals surface area contributed by atoms with Crippen molar-refractivity contribution in [2.45, 2.75) is 71.6 Å². The van der Waals surface area contributed by atoms with Gasteiger partial charge in [-0.1, -0.05) is 88.4 Å². The Hall–Kier alpha value is -2.64. The fourth-order valence-corrected chi connectivity index (χ4v) is 9.00. The first-order valence-electron chi connectivity index (χ1n) is 12.1. The maximum Gasteiger partial charge on any atom is 0.408 e. The van der Waals surface area contributed by atoms with Crippen LogP contribution in [0.1, 0.15) is 54.9 Å². The second-order valence-corrected chi connectivity index (χ2v) is 15.3. The third-order valence-corrected chi connectivity index (χ3v) is 10.8. The number of methoxy groups -OCH3 is 1. The Morgan fingerprint density at radius 3 is 1.77 bits per heavy atom. The highest BCUT2D eigenvalue weighted by Gasteiger charge is 2.50. The van der Waals surface area contributed by atoms with Gasteiger partial charge in [0.15, 0.2) is 0 Å². The summed E-state index contributed by atoms with van der Waals surface area (Å²) < 4.78 is 17.2. The molecular formula is C28H41NO5Si. The van der Waals surface area contributed by atoms with Crippen LogP contribution in [-0.4, -0.2) is 45.7 Å². The molecule has 0 saturated carbocycles. The van der Waals surface area contributed by atoms with Crippen molar-refractivity contribution in [3.63, 3.8) is 0 Å². The van der Waals surface area contributed by atoms with Crippen LogP contribution in [0, 0.1) is 5.92 Å². The lowest BCUT2D eigenvalue weighted by Crippen LogP contribution is -2.66. The summed E-state index contributed by atoms with van der Waals surface area (Å²) >= 11 is 0. The monoisotopic (exact) mass is 499 g/mol. The SMILES string of the molecule is COC(=O)[C@H](C[C@H](C)CO[Si](c1ccccc1)(c1ccccc1)C(C)(C)C)NC(=O)OC(C)(C)C. The highest BCUT2D eigenvalue weighted by atomic mass is 28.4. The van der Waals surface area contributed by atoms with Crippen LogP contribution in [0.4, 0.5) is 4.79 Å². The zero-order valence-electron chi connectivity index (χ0n) is 22.4. The maximum absolute atomic E-state index is 12.4. The standard InChI is InChI=1S/C28H41NO5Si/c1-21(19-24(25(30)32-8)29-26(31)34-27(2,3)4)20-33-35(28(5,6)7,22-15-11-9-12-16-22)23-17-13-10-14-18-23/h9-18,21,24H,19-20H2,1-8H3,(H,29,31)/t21-,24-/m0/s1. The molecule has 2 aromatic rings. The minimum atomic E-state index is -2.69. The Morgan fingerprint density at radius 1 is 0.886 bits per heavy atom. The van der Waals surface area contributed by atoms with Crippen molar-refractivity contribution >= 4 is 30.8 Å². The molecule has 0 unspecified atom stereocenters. The second kappa shape index (κ2) is 11.9. The molecule has 0 bridgehead atoms. The first-order valence-corrected chi connectivity index (χ1v) is 14.0. The van der Waals surface area contributed by atoms with Crippen LogP contribution in [0.5, 0.6) is 0 Å². The summed E-state index contributed by atoms with van der Waals surface area (Å²) in [5.74, 6) is -0.538. The Kier molecular flexibility index (Phi) is 9.69. The third kappa shape index (κ3) is 7.67. The highest BCUT2D eigenvalue weighted by molar-refractivity contribution is 6.99. The summed E-state index contributed by atoms with van der Waals surface area (Å²) in [4.78, 5) is 24.8. The van der Waals surface area contributed by atoms with Crippen molar-refractivity contribution in [2.24, 2.45) is 5.92 Å². The van der Waals surface area contributed by atoms with Gasteiger partial charge in [-0.2, -0.15) is 0 Å². The van der Waals surface area contributed by atoms with Crippen LogP contribution in [-0.2, 0) is 18.7 Å². The Bertz CT molecular complexity index is 911. The normalized spacial score (nSPS) is 14.1. The van der Waals surface area contributed by atoms with Gasteiger partial charge in [0.1, 0.15) is 11.6 Å². The zero-order valence-corrected chi connectivity index (χ0v) is 23.4. The summed E-state index contributed by atoms with van der Waals surface area (Å²) in [6, 6.07) is 20.0. The first-order chi connectivity index (χ1) is 16.3. The molecule has 0 aliphatic carbocycles. The number of hydrogen-bond acceptors (Lipinski definition) is 5. The summed E-state index contributed by atoms with van der Waals surface area (Å²) in [6.07, 6.45) is -0.280. The highest BCUT2D eigenvalue weighted by Crippen LogP contribution is 2.37. The largest absolute Gasteiger partial charge is 0.467 e. The molecule has 192 valence electrons. The van der Waals surface area contributed by atoms with Crippen molar-refractivity contribution in [2.75, 3.05) is 13.7 Å².